The standard InChI is InChI=1S/C29H36FO4P/c1-6-34-35(5,32)15-14-21-8-7-9-25(17-21)33-20-22-10-12-26(23(16-22)19-29(2,3)4)27-18-24(31)11-13-28(27)30/h7-13,16-18,31H,6,14-15,19-20H2,1-5H3. The van der Waals surface area contributed by atoms with Gasteiger partial charge in [-0.3, -0.25) is 4.57 Å². The number of phenolic OH excluding ortho intramolecular Hbond substituents is 1. The van der Waals surface area contributed by atoms with Gasteiger partial charge in [0.1, 0.15) is 23.9 Å². The van der Waals surface area contributed by atoms with E-state index < -0.39 is 7.37 Å². The molecule has 6 heteroatoms. The van der Waals surface area contributed by atoms with Gasteiger partial charge in [0.15, 0.2) is 0 Å². The molecule has 0 spiro atoms. The van der Waals surface area contributed by atoms with Gasteiger partial charge in [-0.25, -0.2) is 4.39 Å². The quantitative estimate of drug-likeness (QED) is 0.289. The average molecular weight is 499 g/mol. The molecule has 0 saturated heterocycles. The first-order valence-corrected chi connectivity index (χ1v) is 14.2. The van der Waals surface area contributed by atoms with Crippen molar-refractivity contribution in [2.75, 3.05) is 19.4 Å². The van der Waals surface area contributed by atoms with Crippen LogP contribution in [0.25, 0.3) is 11.1 Å². The highest BCUT2D eigenvalue weighted by atomic mass is 31.2. The summed E-state index contributed by atoms with van der Waals surface area (Å²) in [7, 11) is -2.58. The van der Waals surface area contributed by atoms with Crippen LogP contribution in [0.3, 0.4) is 0 Å². The predicted octanol–water partition coefficient (Wildman–Crippen LogP) is 7.85. The summed E-state index contributed by atoms with van der Waals surface area (Å²) in [5, 5.41) is 9.91. The number of phenols is 1. The van der Waals surface area contributed by atoms with E-state index in [1.54, 1.807) is 6.66 Å². The molecule has 1 unspecified atom stereocenters. The van der Waals surface area contributed by atoms with E-state index in [1.165, 1.54) is 18.2 Å². The van der Waals surface area contributed by atoms with Crippen molar-refractivity contribution in [3.05, 3.63) is 83.2 Å². The summed E-state index contributed by atoms with van der Waals surface area (Å²) < 4.78 is 38.4. The Morgan fingerprint density at radius 3 is 2.46 bits per heavy atom. The fraction of sp³-hybridized carbons (Fsp3) is 0.379. The normalized spacial score (nSPS) is 13.4. The number of ether oxygens (including phenoxy) is 1. The fourth-order valence-electron chi connectivity index (χ4n) is 4.06. The summed E-state index contributed by atoms with van der Waals surface area (Å²) in [5.41, 5.74) is 4.20. The lowest BCUT2D eigenvalue weighted by atomic mass is 9.84. The van der Waals surface area contributed by atoms with Gasteiger partial charge in [0.25, 0.3) is 0 Å². The largest absolute Gasteiger partial charge is 0.508 e. The molecule has 35 heavy (non-hydrogen) atoms. The fourth-order valence-corrected chi connectivity index (χ4v) is 5.40. The number of hydrogen-bond acceptors (Lipinski definition) is 4. The minimum Gasteiger partial charge on any atom is -0.508 e. The van der Waals surface area contributed by atoms with E-state index in [9.17, 15) is 14.1 Å². The van der Waals surface area contributed by atoms with E-state index >= 15 is 0 Å². The molecule has 188 valence electrons. The molecule has 0 amide bonds. The Bertz CT molecular complexity index is 1200. The lowest BCUT2D eigenvalue weighted by Crippen LogP contribution is -2.11. The Balaban J connectivity index is 1.78. The number of hydrogen-bond donors (Lipinski definition) is 1. The molecule has 4 nitrogen and oxygen atoms in total. The van der Waals surface area contributed by atoms with E-state index in [2.05, 4.69) is 26.8 Å². The van der Waals surface area contributed by atoms with Crippen molar-refractivity contribution in [1.82, 2.24) is 0 Å². The number of benzene rings is 3. The maximum absolute atomic E-state index is 14.6. The Hall–Kier alpha value is -2.62. The molecule has 1 atom stereocenters. The van der Waals surface area contributed by atoms with Crippen molar-refractivity contribution in [3.63, 3.8) is 0 Å². The molecule has 0 aliphatic rings. The molecule has 3 aromatic rings. The first-order chi connectivity index (χ1) is 16.5. The molecule has 0 aliphatic heterocycles. The zero-order valence-electron chi connectivity index (χ0n) is 21.3. The molecule has 0 fully saturated rings. The average Bonchev–Trinajstić information content (AvgIpc) is 2.78. The van der Waals surface area contributed by atoms with Crippen LogP contribution in [0.1, 0.15) is 44.4 Å². The maximum atomic E-state index is 14.6. The zero-order valence-corrected chi connectivity index (χ0v) is 22.2. The highest BCUT2D eigenvalue weighted by molar-refractivity contribution is 7.58. The van der Waals surface area contributed by atoms with Gasteiger partial charge in [-0.2, -0.15) is 0 Å². The second-order valence-electron chi connectivity index (χ2n) is 10.2. The maximum Gasteiger partial charge on any atom is 0.200 e. The van der Waals surface area contributed by atoms with Gasteiger partial charge < -0.3 is 14.4 Å². The van der Waals surface area contributed by atoms with Crippen LogP contribution < -0.4 is 4.74 Å². The molecule has 0 radical (unpaired) electrons. The molecule has 3 rings (SSSR count). The molecular formula is C29H36FO4P. The molecule has 1 N–H and O–H groups in total. The topological polar surface area (TPSA) is 55.8 Å². The van der Waals surface area contributed by atoms with Gasteiger partial charge in [-0.05, 0) is 77.8 Å². The third-order valence-electron chi connectivity index (χ3n) is 5.64. The van der Waals surface area contributed by atoms with Crippen molar-refractivity contribution < 1.29 is 23.3 Å². The summed E-state index contributed by atoms with van der Waals surface area (Å²) >= 11 is 0. The summed E-state index contributed by atoms with van der Waals surface area (Å²) in [6, 6.07) is 17.8. The molecule has 0 bridgehead atoms. The van der Waals surface area contributed by atoms with Gasteiger partial charge in [0.2, 0.25) is 7.37 Å². The second kappa shape index (κ2) is 11.4. The zero-order chi connectivity index (χ0) is 25.6. The van der Waals surface area contributed by atoms with E-state index in [-0.39, 0.29) is 17.0 Å². The van der Waals surface area contributed by atoms with Gasteiger partial charge in [0.05, 0.1) is 6.61 Å². The molecule has 0 aromatic heterocycles. The lowest BCUT2D eigenvalue weighted by molar-refractivity contribution is 0.305. The van der Waals surface area contributed by atoms with Crippen LogP contribution in [0.2, 0.25) is 0 Å². The smallest absolute Gasteiger partial charge is 0.200 e. The van der Waals surface area contributed by atoms with Crippen LogP contribution in [-0.4, -0.2) is 24.5 Å². The third-order valence-corrected chi connectivity index (χ3v) is 7.48. The SMILES string of the molecule is CCOP(C)(=O)CCc1cccc(OCc2ccc(-c3cc(O)ccc3F)c(CC(C)(C)C)c2)c1. The molecule has 0 heterocycles. The summed E-state index contributed by atoms with van der Waals surface area (Å²) in [4.78, 5) is 0. The Morgan fingerprint density at radius 1 is 0.971 bits per heavy atom. The Labute approximate surface area is 208 Å². The number of aryl methyl sites for hydroxylation is 1. The Kier molecular flexibility index (Phi) is 8.79. The van der Waals surface area contributed by atoms with Crippen molar-refractivity contribution in [2.24, 2.45) is 5.41 Å². The van der Waals surface area contributed by atoms with Crippen molar-refractivity contribution in [1.29, 1.82) is 0 Å². The number of halogens is 1. The Morgan fingerprint density at radius 2 is 1.74 bits per heavy atom. The van der Waals surface area contributed by atoms with Crippen LogP contribution >= 0.6 is 7.37 Å². The lowest BCUT2D eigenvalue weighted by Gasteiger charge is -2.22. The molecule has 3 aromatic carbocycles. The summed E-state index contributed by atoms with van der Waals surface area (Å²) in [6.07, 6.45) is 1.90. The minimum absolute atomic E-state index is 0.00390. The van der Waals surface area contributed by atoms with Crippen molar-refractivity contribution in [2.45, 2.75) is 47.1 Å². The van der Waals surface area contributed by atoms with Crippen LogP contribution in [0.15, 0.2) is 60.7 Å². The van der Waals surface area contributed by atoms with Gasteiger partial charge in [0, 0.05) is 18.4 Å². The van der Waals surface area contributed by atoms with E-state index in [1.807, 2.05) is 43.3 Å². The first-order valence-electron chi connectivity index (χ1n) is 12.0. The highest BCUT2D eigenvalue weighted by Crippen LogP contribution is 2.42. The number of rotatable bonds is 10. The van der Waals surface area contributed by atoms with Crippen molar-refractivity contribution >= 4 is 7.37 Å². The van der Waals surface area contributed by atoms with Crippen LogP contribution in [-0.2, 0) is 28.5 Å². The highest BCUT2D eigenvalue weighted by Gasteiger charge is 2.18. The van der Waals surface area contributed by atoms with Crippen LogP contribution in [0, 0.1) is 11.2 Å². The van der Waals surface area contributed by atoms with Crippen LogP contribution in [0.4, 0.5) is 4.39 Å². The van der Waals surface area contributed by atoms with E-state index in [0.29, 0.717) is 31.4 Å². The third kappa shape index (κ3) is 8.23. The number of aromatic hydroxyl groups is 1. The summed E-state index contributed by atoms with van der Waals surface area (Å²) in [6.45, 7) is 10.8. The monoisotopic (exact) mass is 498 g/mol. The van der Waals surface area contributed by atoms with Crippen molar-refractivity contribution in [3.8, 4) is 22.6 Å². The molecule has 0 aliphatic carbocycles. The van der Waals surface area contributed by atoms with E-state index in [4.69, 9.17) is 9.26 Å². The first kappa shape index (κ1) is 27.0. The summed E-state index contributed by atoms with van der Waals surface area (Å²) in [5.74, 6) is 0.418. The van der Waals surface area contributed by atoms with Gasteiger partial charge in [-0.15, -0.1) is 0 Å². The van der Waals surface area contributed by atoms with Gasteiger partial charge >= 0.3 is 0 Å². The minimum atomic E-state index is -2.58. The van der Waals surface area contributed by atoms with E-state index in [0.717, 1.165) is 34.4 Å². The van der Waals surface area contributed by atoms with Gasteiger partial charge in [-0.1, -0.05) is 51.1 Å². The molecular weight excluding hydrogens is 462 g/mol. The van der Waals surface area contributed by atoms with Crippen LogP contribution in [0.5, 0.6) is 11.5 Å². The molecule has 0 saturated carbocycles. The second-order valence-corrected chi connectivity index (χ2v) is 13.0. The predicted molar refractivity (Wildman–Crippen MR) is 141 cm³/mol.